The summed E-state index contributed by atoms with van der Waals surface area (Å²) in [4.78, 5) is 14.4. The van der Waals surface area contributed by atoms with Crippen molar-refractivity contribution in [1.29, 1.82) is 0 Å². The molecule has 1 aliphatic heterocycles. The summed E-state index contributed by atoms with van der Waals surface area (Å²) >= 11 is 3.09. The van der Waals surface area contributed by atoms with E-state index in [0.717, 1.165) is 13.1 Å². The Morgan fingerprint density at radius 1 is 1.43 bits per heavy atom. The summed E-state index contributed by atoms with van der Waals surface area (Å²) in [6.45, 7) is 7.68. The molecule has 0 aromatic heterocycles. The van der Waals surface area contributed by atoms with Crippen LogP contribution in [-0.4, -0.2) is 49.2 Å². The van der Waals surface area contributed by atoms with E-state index in [-0.39, 0.29) is 11.1 Å². The maximum absolute atomic E-state index is 13.9. The number of hydrogen-bond acceptors (Lipinski definition) is 3. The third-order valence-electron chi connectivity index (χ3n) is 3.74. The Morgan fingerprint density at radius 2 is 2.10 bits per heavy atom. The van der Waals surface area contributed by atoms with Crippen LogP contribution in [0, 0.1) is 5.82 Å². The Kier molecular flexibility index (Phi) is 5.35. The first-order valence-electron chi connectivity index (χ1n) is 6.97. The highest BCUT2D eigenvalue weighted by atomic mass is 79.9. The minimum atomic E-state index is -0.529. The Morgan fingerprint density at radius 3 is 2.76 bits per heavy atom. The van der Waals surface area contributed by atoms with Crippen molar-refractivity contribution >= 4 is 21.8 Å². The second-order valence-electron chi connectivity index (χ2n) is 5.70. The van der Waals surface area contributed by atoms with Crippen LogP contribution in [0.1, 0.15) is 24.2 Å². The van der Waals surface area contributed by atoms with E-state index in [0.29, 0.717) is 24.2 Å². The summed E-state index contributed by atoms with van der Waals surface area (Å²) < 4.78 is 19.5. The average molecular weight is 359 g/mol. The van der Waals surface area contributed by atoms with Gasteiger partial charge in [0, 0.05) is 25.2 Å². The zero-order valence-corrected chi connectivity index (χ0v) is 13.9. The van der Waals surface area contributed by atoms with Crippen LogP contribution in [0.2, 0.25) is 0 Å². The molecule has 4 nitrogen and oxygen atoms in total. The fraction of sp³-hybridized carbons (Fsp3) is 0.533. The van der Waals surface area contributed by atoms with Gasteiger partial charge in [-0.05, 0) is 41.9 Å². The van der Waals surface area contributed by atoms with Crippen molar-refractivity contribution in [1.82, 2.24) is 10.2 Å². The van der Waals surface area contributed by atoms with Crippen molar-refractivity contribution in [2.24, 2.45) is 0 Å². The molecule has 1 aromatic rings. The van der Waals surface area contributed by atoms with Gasteiger partial charge < -0.3 is 10.1 Å². The van der Waals surface area contributed by atoms with E-state index >= 15 is 0 Å². The molecule has 0 bridgehead atoms. The fourth-order valence-corrected chi connectivity index (χ4v) is 2.72. The van der Waals surface area contributed by atoms with Crippen LogP contribution in [-0.2, 0) is 4.74 Å². The number of nitrogens with one attached hydrogen (secondary N) is 1. The standard InChI is InChI=1S/C15H20BrFN2O2/c1-15(2,19-6-8-21-9-7-19)10-18-14(20)11-4-3-5-12(16)13(11)17/h3-5H,6-10H2,1-2H3,(H,18,20). The van der Waals surface area contributed by atoms with Gasteiger partial charge in [0.2, 0.25) is 0 Å². The van der Waals surface area contributed by atoms with E-state index in [1.165, 1.54) is 6.07 Å². The number of nitrogens with zero attached hydrogens (tertiary/aromatic N) is 1. The molecule has 0 saturated carbocycles. The van der Waals surface area contributed by atoms with Crippen molar-refractivity contribution in [3.8, 4) is 0 Å². The Bertz CT molecular complexity index is 516. The lowest BCUT2D eigenvalue weighted by atomic mass is 10.0. The third-order valence-corrected chi connectivity index (χ3v) is 4.36. The molecule has 1 aromatic carbocycles. The van der Waals surface area contributed by atoms with E-state index in [4.69, 9.17) is 4.74 Å². The monoisotopic (exact) mass is 358 g/mol. The first-order valence-corrected chi connectivity index (χ1v) is 7.76. The minimum absolute atomic E-state index is 0.0575. The van der Waals surface area contributed by atoms with Gasteiger partial charge >= 0.3 is 0 Å². The van der Waals surface area contributed by atoms with Crippen molar-refractivity contribution in [3.63, 3.8) is 0 Å². The first-order chi connectivity index (χ1) is 9.92. The highest BCUT2D eigenvalue weighted by Gasteiger charge is 2.29. The summed E-state index contributed by atoms with van der Waals surface area (Å²) in [5.74, 6) is -0.922. The number of hydrogen-bond donors (Lipinski definition) is 1. The lowest BCUT2D eigenvalue weighted by Crippen LogP contribution is -2.55. The summed E-state index contributed by atoms with van der Waals surface area (Å²) in [5.41, 5.74) is -0.135. The largest absolute Gasteiger partial charge is 0.379 e. The number of ether oxygens (including phenoxy) is 1. The van der Waals surface area contributed by atoms with Crippen molar-refractivity contribution < 1.29 is 13.9 Å². The highest BCUT2D eigenvalue weighted by molar-refractivity contribution is 9.10. The third kappa shape index (κ3) is 4.02. The topological polar surface area (TPSA) is 41.6 Å². The number of morpholine rings is 1. The van der Waals surface area contributed by atoms with Crippen molar-refractivity contribution in [2.75, 3.05) is 32.8 Å². The van der Waals surface area contributed by atoms with Gasteiger partial charge in [0.15, 0.2) is 0 Å². The molecule has 1 saturated heterocycles. The molecule has 1 aliphatic rings. The van der Waals surface area contributed by atoms with Crippen LogP contribution in [0.5, 0.6) is 0 Å². The van der Waals surface area contributed by atoms with E-state index in [2.05, 4.69) is 40.0 Å². The van der Waals surface area contributed by atoms with Gasteiger partial charge in [-0.25, -0.2) is 4.39 Å². The van der Waals surface area contributed by atoms with E-state index in [1.54, 1.807) is 12.1 Å². The summed E-state index contributed by atoms with van der Waals surface area (Å²) in [5, 5.41) is 2.82. The van der Waals surface area contributed by atoms with Crippen LogP contribution in [0.25, 0.3) is 0 Å². The van der Waals surface area contributed by atoms with Crippen LogP contribution in [0.15, 0.2) is 22.7 Å². The maximum atomic E-state index is 13.9. The van der Waals surface area contributed by atoms with Gasteiger partial charge in [-0.1, -0.05) is 6.07 Å². The van der Waals surface area contributed by atoms with E-state index in [9.17, 15) is 9.18 Å². The number of amides is 1. The number of carbonyl (C=O) groups is 1. The molecule has 0 aliphatic carbocycles. The minimum Gasteiger partial charge on any atom is -0.379 e. The molecule has 0 radical (unpaired) electrons. The highest BCUT2D eigenvalue weighted by Crippen LogP contribution is 2.19. The molecular formula is C15H20BrFN2O2. The number of benzene rings is 1. The van der Waals surface area contributed by atoms with Gasteiger partial charge in [0.25, 0.3) is 5.91 Å². The van der Waals surface area contributed by atoms with E-state index < -0.39 is 11.7 Å². The normalized spacial score (nSPS) is 16.8. The maximum Gasteiger partial charge on any atom is 0.254 e. The SMILES string of the molecule is CC(C)(CNC(=O)c1cccc(Br)c1F)N1CCOCC1. The van der Waals surface area contributed by atoms with Crippen LogP contribution < -0.4 is 5.32 Å². The van der Waals surface area contributed by atoms with Gasteiger partial charge in [-0.2, -0.15) is 0 Å². The van der Waals surface area contributed by atoms with Gasteiger partial charge in [0.1, 0.15) is 5.82 Å². The lowest BCUT2D eigenvalue weighted by Gasteiger charge is -2.40. The molecule has 2 rings (SSSR count). The molecule has 0 spiro atoms. The van der Waals surface area contributed by atoms with Gasteiger partial charge in [-0.3, -0.25) is 9.69 Å². The Labute approximate surface area is 132 Å². The molecule has 1 heterocycles. The molecule has 0 atom stereocenters. The predicted octanol–water partition coefficient (Wildman–Crippen LogP) is 2.43. The number of halogens is 2. The second-order valence-corrected chi connectivity index (χ2v) is 6.55. The van der Waals surface area contributed by atoms with Crippen LogP contribution in [0.4, 0.5) is 4.39 Å². The molecule has 21 heavy (non-hydrogen) atoms. The number of carbonyl (C=O) groups excluding carboxylic acids is 1. The van der Waals surface area contributed by atoms with Crippen molar-refractivity contribution in [2.45, 2.75) is 19.4 Å². The molecule has 6 heteroatoms. The van der Waals surface area contributed by atoms with Gasteiger partial charge in [-0.15, -0.1) is 0 Å². The average Bonchev–Trinajstić information content (AvgIpc) is 2.49. The predicted molar refractivity (Wildman–Crippen MR) is 82.9 cm³/mol. The molecule has 1 amide bonds. The Hall–Kier alpha value is -0.980. The molecule has 116 valence electrons. The number of rotatable bonds is 4. The zero-order valence-electron chi connectivity index (χ0n) is 12.3. The zero-order chi connectivity index (χ0) is 15.5. The Balaban J connectivity index is 1.98. The second kappa shape index (κ2) is 6.85. The summed E-state index contributed by atoms with van der Waals surface area (Å²) in [6, 6.07) is 4.70. The van der Waals surface area contributed by atoms with Crippen molar-refractivity contribution in [3.05, 3.63) is 34.1 Å². The molecular weight excluding hydrogens is 339 g/mol. The molecule has 1 N–H and O–H groups in total. The van der Waals surface area contributed by atoms with Crippen LogP contribution in [0.3, 0.4) is 0 Å². The lowest BCUT2D eigenvalue weighted by molar-refractivity contribution is -0.00924. The van der Waals surface area contributed by atoms with Gasteiger partial charge in [0.05, 0.1) is 23.2 Å². The van der Waals surface area contributed by atoms with E-state index in [1.807, 2.05) is 0 Å². The fourth-order valence-electron chi connectivity index (χ4n) is 2.35. The summed E-state index contributed by atoms with van der Waals surface area (Å²) in [6.07, 6.45) is 0. The summed E-state index contributed by atoms with van der Waals surface area (Å²) in [7, 11) is 0. The first kappa shape index (κ1) is 16.4. The smallest absolute Gasteiger partial charge is 0.254 e. The molecule has 1 fully saturated rings. The quantitative estimate of drug-likeness (QED) is 0.898. The van der Waals surface area contributed by atoms with Crippen LogP contribution >= 0.6 is 15.9 Å². The molecule has 0 unspecified atom stereocenters.